The molecule has 2 heterocycles. The molecular formula is C21H23N3O3S2. The van der Waals surface area contributed by atoms with E-state index in [0.29, 0.717) is 12.2 Å². The highest BCUT2D eigenvalue weighted by Gasteiger charge is 2.34. The van der Waals surface area contributed by atoms with Gasteiger partial charge in [0.15, 0.2) is 0 Å². The first-order valence-electron chi connectivity index (χ1n) is 9.53. The van der Waals surface area contributed by atoms with E-state index < -0.39 is 10.0 Å². The number of amides is 1. The number of para-hydroxylation sites is 2. The largest absolute Gasteiger partial charge is 0.332 e. The fraction of sp³-hybridized carbons (Fsp3) is 0.333. The molecule has 0 bridgehead atoms. The molecule has 4 rings (SSSR count). The van der Waals surface area contributed by atoms with Crippen LogP contribution in [-0.4, -0.2) is 43.6 Å². The summed E-state index contributed by atoms with van der Waals surface area (Å²) in [6.07, 6.45) is 2.87. The standard InChI is InChI=1S/C21H23N3O3S2/c1-15-8-3-5-10-17(15)24(29(2,26)27)14-20(25)23-13-7-11-18(23)21-22-16-9-4-6-12-19(16)28-21/h3-6,8-10,12,18H,7,11,13-14H2,1-2H3/t18-/m1/s1. The van der Waals surface area contributed by atoms with Crippen LogP contribution in [0.4, 0.5) is 5.69 Å². The van der Waals surface area contributed by atoms with Gasteiger partial charge >= 0.3 is 0 Å². The number of fused-ring (bicyclic) bond motifs is 1. The van der Waals surface area contributed by atoms with Gasteiger partial charge in [0, 0.05) is 6.54 Å². The first-order valence-corrected chi connectivity index (χ1v) is 12.2. The Morgan fingerprint density at radius 2 is 1.93 bits per heavy atom. The molecule has 0 spiro atoms. The topological polar surface area (TPSA) is 70.6 Å². The van der Waals surface area contributed by atoms with Crippen LogP contribution in [0, 0.1) is 6.92 Å². The van der Waals surface area contributed by atoms with E-state index in [4.69, 9.17) is 4.98 Å². The van der Waals surface area contributed by atoms with Gasteiger partial charge in [-0.05, 0) is 43.5 Å². The molecule has 1 aliphatic heterocycles. The van der Waals surface area contributed by atoms with Crippen molar-refractivity contribution in [2.45, 2.75) is 25.8 Å². The van der Waals surface area contributed by atoms with Crippen LogP contribution in [0.2, 0.25) is 0 Å². The second-order valence-electron chi connectivity index (χ2n) is 7.32. The summed E-state index contributed by atoms with van der Waals surface area (Å²) in [5.41, 5.74) is 2.29. The Morgan fingerprint density at radius 1 is 1.21 bits per heavy atom. The minimum absolute atomic E-state index is 0.0989. The number of anilines is 1. The van der Waals surface area contributed by atoms with Crippen LogP contribution in [0.25, 0.3) is 10.2 Å². The Hall–Kier alpha value is -2.45. The zero-order chi connectivity index (χ0) is 20.6. The Bertz CT molecular complexity index is 1120. The van der Waals surface area contributed by atoms with Crippen LogP contribution < -0.4 is 4.31 Å². The third kappa shape index (κ3) is 4.00. The molecule has 152 valence electrons. The number of hydrogen-bond donors (Lipinski definition) is 0. The molecule has 0 aliphatic carbocycles. The van der Waals surface area contributed by atoms with Crippen LogP contribution in [-0.2, 0) is 14.8 Å². The molecule has 1 fully saturated rings. The van der Waals surface area contributed by atoms with Crippen molar-refractivity contribution in [2.24, 2.45) is 0 Å². The number of aryl methyl sites for hydroxylation is 1. The highest BCUT2D eigenvalue weighted by atomic mass is 32.2. The molecule has 0 saturated carbocycles. The van der Waals surface area contributed by atoms with E-state index in [1.165, 1.54) is 4.31 Å². The molecule has 1 aromatic heterocycles. The maximum Gasteiger partial charge on any atom is 0.243 e. The third-order valence-corrected chi connectivity index (χ3v) is 7.50. The van der Waals surface area contributed by atoms with Gasteiger partial charge in [-0.2, -0.15) is 0 Å². The zero-order valence-electron chi connectivity index (χ0n) is 16.4. The Labute approximate surface area is 174 Å². The minimum Gasteiger partial charge on any atom is -0.332 e. The molecule has 2 aromatic carbocycles. The molecule has 0 unspecified atom stereocenters. The molecule has 1 saturated heterocycles. The van der Waals surface area contributed by atoms with Gasteiger partial charge in [0.05, 0.1) is 28.2 Å². The summed E-state index contributed by atoms with van der Waals surface area (Å²) in [6.45, 7) is 2.26. The van der Waals surface area contributed by atoms with Gasteiger partial charge in [-0.1, -0.05) is 30.3 Å². The first kappa shape index (κ1) is 19.8. The summed E-state index contributed by atoms with van der Waals surface area (Å²) in [4.78, 5) is 19.7. The lowest BCUT2D eigenvalue weighted by atomic mass is 10.2. The fourth-order valence-corrected chi connectivity index (χ4v) is 5.81. The Balaban J connectivity index is 1.61. The third-order valence-electron chi connectivity index (χ3n) is 5.23. The predicted octanol–water partition coefficient (Wildman–Crippen LogP) is 3.73. The van der Waals surface area contributed by atoms with E-state index in [-0.39, 0.29) is 18.5 Å². The average Bonchev–Trinajstić information content (AvgIpc) is 3.32. The molecule has 0 N–H and O–H groups in total. The molecule has 29 heavy (non-hydrogen) atoms. The molecule has 1 aliphatic rings. The quantitative estimate of drug-likeness (QED) is 0.620. The van der Waals surface area contributed by atoms with Crippen LogP contribution in [0.5, 0.6) is 0 Å². The van der Waals surface area contributed by atoms with Crippen molar-refractivity contribution in [2.75, 3.05) is 23.7 Å². The Morgan fingerprint density at radius 3 is 2.66 bits per heavy atom. The summed E-state index contributed by atoms with van der Waals surface area (Å²) >= 11 is 1.60. The fourth-order valence-electron chi connectivity index (χ4n) is 3.79. The summed E-state index contributed by atoms with van der Waals surface area (Å²) in [6, 6.07) is 15.1. The van der Waals surface area contributed by atoms with Crippen LogP contribution in [0.15, 0.2) is 48.5 Å². The number of benzene rings is 2. The SMILES string of the molecule is Cc1ccccc1N(CC(=O)N1CCC[C@@H]1c1nc2ccccc2s1)S(C)(=O)=O. The Kier molecular flexibility index (Phi) is 5.31. The maximum absolute atomic E-state index is 13.2. The van der Waals surface area contributed by atoms with Gasteiger partial charge in [0.1, 0.15) is 11.6 Å². The van der Waals surface area contributed by atoms with Gasteiger partial charge in [-0.15, -0.1) is 11.3 Å². The lowest BCUT2D eigenvalue weighted by molar-refractivity contribution is -0.130. The van der Waals surface area contributed by atoms with Crippen molar-refractivity contribution in [1.29, 1.82) is 0 Å². The summed E-state index contributed by atoms with van der Waals surface area (Å²) in [5, 5.41) is 0.916. The van der Waals surface area contributed by atoms with E-state index in [2.05, 4.69) is 0 Å². The molecule has 6 nitrogen and oxygen atoms in total. The number of hydrogen-bond acceptors (Lipinski definition) is 5. The monoisotopic (exact) mass is 429 g/mol. The number of likely N-dealkylation sites (tertiary alicyclic amines) is 1. The maximum atomic E-state index is 13.2. The van der Waals surface area contributed by atoms with Gasteiger partial charge in [-0.25, -0.2) is 13.4 Å². The number of aromatic nitrogens is 1. The number of carbonyl (C=O) groups is 1. The average molecular weight is 430 g/mol. The van der Waals surface area contributed by atoms with Gasteiger partial charge in [0.25, 0.3) is 0 Å². The zero-order valence-corrected chi connectivity index (χ0v) is 18.0. The number of thiazole rings is 1. The lowest BCUT2D eigenvalue weighted by Gasteiger charge is -2.28. The molecule has 1 atom stereocenters. The summed E-state index contributed by atoms with van der Waals surface area (Å²) in [7, 11) is -3.59. The number of sulfonamides is 1. The highest BCUT2D eigenvalue weighted by Crippen LogP contribution is 2.36. The highest BCUT2D eigenvalue weighted by molar-refractivity contribution is 7.92. The van der Waals surface area contributed by atoms with Crippen LogP contribution in [0.1, 0.15) is 29.5 Å². The normalized spacial score (nSPS) is 17.0. The first-order chi connectivity index (χ1) is 13.8. The van der Waals surface area contributed by atoms with Gasteiger partial charge in [0.2, 0.25) is 15.9 Å². The second kappa shape index (κ2) is 7.76. The second-order valence-corrected chi connectivity index (χ2v) is 10.3. The van der Waals surface area contributed by atoms with Crippen molar-refractivity contribution in [3.05, 3.63) is 59.1 Å². The molecular weight excluding hydrogens is 406 g/mol. The van der Waals surface area contributed by atoms with E-state index >= 15 is 0 Å². The number of rotatable bonds is 5. The number of carbonyl (C=O) groups excluding carboxylic acids is 1. The summed E-state index contributed by atoms with van der Waals surface area (Å²) in [5.74, 6) is -0.194. The van der Waals surface area contributed by atoms with Crippen molar-refractivity contribution in [1.82, 2.24) is 9.88 Å². The van der Waals surface area contributed by atoms with E-state index in [1.807, 2.05) is 43.3 Å². The van der Waals surface area contributed by atoms with Crippen LogP contribution in [0.3, 0.4) is 0 Å². The van der Waals surface area contributed by atoms with E-state index in [1.54, 1.807) is 28.4 Å². The minimum atomic E-state index is -3.59. The predicted molar refractivity (Wildman–Crippen MR) is 117 cm³/mol. The number of nitrogens with zero attached hydrogens (tertiary/aromatic N) is 3. The molecule has 8 heteroatoms. The van der Waals surface area contributed by atoms with Crippen molar-refractivity contribution >= 4 is 43.2 Å². The lowest BCUT2D eigenvalue weighted by Crippen LogP contribution is -2.42. The van der Waals surface area contributed by atoms with Crippen molar-refractivity contribution < 1.29 is 13.2 Å². The van der Waals surface area contributed by atoms with Crippen molar-refractivity contribution in [3.8, 4) is 0 Å². The van der Waals surface area contributed by atoms with E-state index in [9.17, 15) is 13.2 Å². The van der Waals surface area contributed by atoms with Crippen LogP contribution >= 0.6 is 11.3 Å². The molecule has 1 amide bonds. The van der Waals surface area contributed by atoms with Crippen molar-refractivity contribution in [3.63, 3.8) is 0 Å². The molecule has 0 radical (unpaired) electrons. The smallest absolute Gasteiger partial charge is 0.243 e. The van der Waals surface area contributed by atoms with Gasteiger partial charge < -0.3 is 4.90 Å². The van der Waals surface area contributed by atoms with Gasteiger partial charge in [-0.3, -0.25) is 9.10 Å². The van der Waals surface area contributed by atoms with E-state index in [0.717, 1.165) is 39.9 Å². The summed E-state index contributed by atoms with van der Waals surface area (Å²) < 4.78 is 27.2. The molecule has 3 aromatic rings.